The molecule has 0 saturated heterocycles. The van der Waals surface area contributed by atoms with Gasteiger partial charge in [-0.25, -0.2) is 4.39 Å². The Morgan fingerprint density at radius 2 is 2.18 bits per heavy atom. The highest BCUT2D eigenvalue weighted by Gasteiger charge is 2.18. The van der Waals surface area contributed by atoms with Gasteiger partial charge in [0.2, 0.25) is 0 Å². The number of hydrogen-bond acceptors (Lipinski definition) is 1. The van der Waals surface area contributed by atoms with E-state index in [4.69, 9.17) is 5.11 Å². The normalized spacial score (nSPS) is 15.9. The van der Waals surface area contributed by atoms with E-state index >= 15 is 0 Å². The van der Waals surface area contributed by atoms with E-state index in [1.165, 1.54) is 6.92 Å². The van der Waals surface area contributed by atoms with Crippen molar-refractivity contribution in [2.75, 3.05) is 0 Å². The molecule has 0 bridgehead atoms. The van der Waals surface area contributed by atoms with Gasteiger partial charge >= 0.3 is 5.97 Å². The standard InChI is InChI=1S/C8H15FO2/c1-3-4-7(8(10)11)5-6(2)9/h6-7H,3-5H2,1-2H3,(H,10,11)/t6-,7?/m1/s1. The summed E-state index contributed by atoms with van der Waals surface area (Å²) < 4.78 is 12.4. The second-order valence-electron chi connectivity index (χ2n) is 2.84. The average molecular weight is 162 g/mol. The maximum Gasteiger partial charge on any atom is 0.306 e. The molecule has 0 fully saturated rings. The summed E-state index contributed by atoms with van der Waals surface area (Å²) in [5, 5.41) is 8.59. The van der Waals surface area contributed by atoms with E-state index in [0.29, 0.717) is 6.42 Å². The van der Waals surface area contributed by atoms with Crippen LogP contribution in [0.5, 0.6) is 0 Å². The molecule has 0 aromatic rings. The lowest BCUT2D eigenvalue weighted by molar-refractivity contribution is -0.142. The molecule has 0 rings (SSSR count). The van der Waals surface area contributed by atoms with Crippen LogP contribution in [-0.4, -0.2) is 17.2 Å². The summed E-state index contributed by atoms with van der Waals surface area (Å²) in [6, 6.07) is 0. The van der Waals surface area contributed by atoms with Crippen molar-refractivity contribution in [3.63, 3.8) is 0 Å². The molecule has 0 saturated carbocycles. The van der Waals surface area contributed by atoms with Gasteiger partial charge in [-0.05, 0) is 19.8 Å². The minimum Gasteiger partial charge on any atom is -0.481 e. The Bertz CT molecular complexity index is 123. The molecule has 0 amide bonds. The lowest BCUT2D eigenvalue weighted by Gasteiger charge is -2.10. The maximum atomic E-state index is 12.4. The molecule has 0 aromatic carbocycles. The van der Waals surface area contributed by atoms with Crippen LogP contribution in [0.25, 0.3) is 0 Å². The van der Waals surface area contributed by atoms with Gasteiger partial charge in [-0.3, -0.25) is 4.79 Å². The zero-order valence-electron chi connectivity index (χ0n) is 7.01. The Kier molecular flexibility index (Phi) is 4.83. The van der Waals surface area contributed by atoms with Crippen LogP contribution in [0.3, 0.4) is 0 Å². The monoisotopic (exact) mass is 162 g/mol. The molecule has 0 aliphatic carbocycles. The van der Waals surface area contributed by atoms with Gasteiger partial charge in [-0.2, -0.15) is 0 Å². The Hall–Kier alpha value is -0.600. The van der Waals surface area contributed by atoms with Gasteiger partial charge in [0.25, 0.3) is 0 Å². The number of halogens is 1. The molecule has 0 heterocycles. The third-order valence-corrected chi connectivity index (χ3v) is 1.60. The third-order valence-electron chi connectivity index (χ3n) is 1.60. The minimum atomic E-state index is -1.01. The van der Waals surface area contributed by atoms with Gasteiger partial charge in [0.05, 0.1) is 12.1 Å². The first-order valence-electron chi connectivity index (χ1n) is 3.94. The van der Waals surface area contributed by atoms with Gasteiger partial charge in [0.15, 0.2) is 0 Å². The summed E-state index contributed by atoms with van der Waals surface area (Å²) in [7, 11) is 0. The van der Waals surface area contributed by atoms with Crippen molar-refractivity contribution in [3.8, 4) is 0 Å². The quantitative estimate of drug-likeness (QED) is 0.673. The fourth-order valence-corrected chi connectivity index (χ4v) is 1.08. The first-order valence-corrected chi connectivity index (χ1v) is 3.94. The smallest absolute Gasteiger partial charge is 0.306 e. The lowest BCUT2D eigenvalue weighted by atomic mass is 9.98. The number of aliphatic carboxylic acids is 1. The summed E-state index contributed by atoms with van der Waals surface area (Å²) in [6.07, 6.45) is 0.499. The number of carbonyl (C=O) groups is 1. The highest BCUT2D eigenvalue weighted by atomic mass is 19.1. The molecule has 0 aliphatic rings. The van der Waals surface area contributed by atoms with Crippen molar-refractivity contribution in [1.82, 2.24) is 0 Å². The van der Waals surface area contributed by atoms with Crippen LogP contribution in [-0.2, 0) is 4.79 Å². The summed E-state index contributed by atoms with van der Waals surface area (Å²) in [6.45, 7) is 3.30. The summed E-state index contributed by atoms with van der Waals surface area (Å²) in [5.41, 5.74) is 0. The molecule has 0 radical (unpaired) electrons. The highest BCUT2D eigenvalue weighted by Crippen LogP contribution is 2.15. The van der Waals surface area contributed by atoms with Crippen LogP contribution in [0, 0.1) is 5.92 Å². The topological polar surface area (TPSA) is 37.3 Å². The Morgan fingerprint density at radius 1 is 1.64 bits per heavy atom. The molecule has 1 N–H and O–H groups in total. The third kappa shape index (κ3) is 4.76. The predicted molar refractivity (Wildman–Crippen MR) is 41.2 cm³/mol. The Balaban J connectivity index is 3.79. The maximum absolute atomic E-state index is 12.4. The molecule has 66 valence electrons. The van der Waals surface area contributed by atoms with Crippen molar-refractivity contribution in [1.29, 1.82) is 0 Å². The van der Waals surface area contributed by atoms with Gasteiger partial charge < -0.3 is 5.11 Å². The summed E-state index contributed by atoms with van der Waals surface area (Å²) >= 11 is 0. The van der Waals surface area contributed by atoms with Crippen molar-refractivity contribution in [2.45, 2.75) is 39.3 Å². The van der Waals surface area contributed by atoms with Crippen molar-refractivity contribution in [2.24, 2.45) is 5.92 Å². The molecule has 1 unspecified atom stereocenters. The fraction of sp³-hybridized carbons (Fsp3) is 0.875. The summed E-state index contributed by atoms with van der Waals surface area (Å²) in [4.78, 5) is 10.5. The molecular weight excluding hydrogens is 147 g/mol. The van der Waals surface area contributed by atoms with Crippen molar-refractivity contribution < 1.29 is 14.3 Å². The van der Waals surface area contributed by atoms with Gasteiger partial charge in [-0.15, -0.1) is 0 Å². The zero-order chi connectivity index (χ0) is 8.85. The first kappa shape index (κ1) is 10.4. The van der Waals surface area contributed by atoms with Crippen LogP contribution in [0.4, 0.5) is 4.39 Å². The number of carboxylic acid groups (broad SMARTS) is 1. The number of carboxylic acids is 1. The minimum absolute atomic E-state index is 0.142. The second-order valence-corrected chi connectivity index (χ2v) is 2.84. The highest BCUT2D eigenvalue weighted by molar-refractivity contribution is 5.69. The molecule has 3 heteroatoms. The molecule has 0 aromatic heterocycles. The Morgan fingerprint density at radius 3 is 2.45 bits per heavy atom. The molecule has 11 heavy (non-hydrogen) atoms. The van der Waals surface area contributed by atoms with Gasteiger partial charge in [0, 0.05) is 0 Å². The first-order chi connectivity index (χ1) is 5.07. The van der Waals surface area contributed by atoms with E-state index in [1.54, 1.807) is 0 Å². The Labute approximate surface area is 66.4 Å². The molecular formula is C8H15FO2. The fourth-order valence-electron chi connectivity index (χ4n) is 1.08. The van der Waals surface area contributed by atoms with Crippen LogP contribution in [0.1, 0.15) is 33.1 Å². The van der Waals surface area contributed by atoms with Crippen LogP contribution >= 0.6 is 0 Å². The van der Waals surface area contributed by atoms with E-state index in [9.17, 15) is 9.18 Å². The van der Waals surface area contributed by atoms with Gasteiger partial charge in [-0.1, -0.05) is 13.3 Å². The number of alkyl halides is 1. The zero-order valence-corrected chi connectivity index (χ0v) is 7.01. The second kappa shape index (κ2) is 5.10. The largest absolute Gasteiger partial charge is 0.481 e. The van der Waals surface area contributed by atoms with E-state index in [0.717, 1.165) is 6.42 Å². The lowest BCUT2D eigenvalue weighted by Crippen LogP contribution is -2.16. The number of hydrogen-bond donors (Lipinski definition) is 1. The molecule has 2 nitrogen and oxygen atoms in total. The van der Waals surface area contributed by atoms with Gasteiger partial charge in [0.1, 0.15) is 0 Å². The van der Waals surface area contributed by atoms with Crippen LogP contribution in [0.15, 0.2) is 0 Å². The predicted octanol–water partition coefficient (Wildman–Crippen LogP) is 2.24. The van der Waals surface area contributed by atoms with Crippen LogP contribution in [0.2, 0.25) is 0 Å². The van der Waals surface area contributed by atoms with Crippen molar-refractivity contribution >= 4 is 5.97 Å². The average Bonchev–Trinajstić information content (AvgIpc) is 1.86. The SMILES string of the molecule is CCCC(C[C@@H](C)F)C(=O)O. The van der Waals surface area contributed by atoms with E-state index in [-0.39, 0.29) is 6.42 Å². The molecule has 2 atom stereocenters. The van der Waals surface area contributed by atoms with Crippen molar-refractivity contribution in [3.05, 3.63) is 0 Å². The summed E-state index contributed by atoms with van der Waals surface area (Å²) in [5.74, 6) is -1.38. The van der Waals surface area contributed by atoms with E-state index < -0.39 is 18.1 Å². The van der Waals surface area contributed by atoms with Crippen LogP contribution < -0.4 is 0 Å². The number of rotatable bonds is 5. The molecule has 0 spiro atoms. The molecule has 0 aliphatic heterocycles. The van der Waals surface area contributed by atoms with E-state index in [1.807, 2.05) is 6.92 Å². The van der Waals surface area contributed by atoms with E-state index in [2.05, 4.69) is 0 Å².